The van der Waals surface area contributed by atoms with Crippen LogP contribution < -0.4 is 35.2 Å². The van der Waals surface area contributed by atoms with Gasteiger partial charge in [0.1, 0.15) is 51.8 Å². The van der Waals surface area contributed by atoms with Crippen LogP contribution in [0.5, 0.6) is 17.2 Å². The van der Waals surface area contributed by atoms with Crippen LogP contribution in [0.2, 0.25) is 0 Å². The van der Waals surface area contributed by atoms with E-state index in [9.17, 15) is 66.3 Å². The molecule has 0 radical (unpaired) electrons. The normalized spacial score (nSPS) is 15.0. The van der Waals surface area contributed by atoms with Gasteiger partial charge in [0.15, 0.2) is 16.7 Å². The topological polar surface area (TPSA) is 368 Å². The van der Waals surface area contributed by atoms with Gasteiger partial charge in [0, 0.05) is 88.5 Å². The number of carbonyl (C=O) groups excluding carboxylic acids is 2. The molecule has 2 aliphatic rings. The number of anilines is 2. The maximum absolute atomic E-state index is 15.1. The summed E-state index contributed by atoms with van der Waals surface area (Å²) in [5.74, 6) is -0.315. The summed E-state index contributed by atoms with van der Waals surface area (Å²) in [6, 6.07) is 19.8. The number of hydrogen-bond donors (Lipinski definition) is 6. The molecule has 0 saturated carbocycles. The van der Waals surface area contributed by atoms with Gasteiger partial charge in [-0.1, -0.05) is 38.1 Å². The van der Waals surface area contributed by atoms with Crippen LogP contribution in [0.15, 0.2) is 156 Å². The van der Waals surface area contributed by atoms with E-state index in [0.29, 0.717) is 101 Å². The summed E-state index contributed by atoms with van der Waals surface area (Å²) in [4.78, 5) is 38.4. The molecule has 3 heterocycles. The molecule has 102 heavy (non-hydrogen) atoms. The van der Waals surface area contributed by atoms with Crippen LogP contribution in [0.1, 0.15) is 71.4 Å². The van der Waals surface area contributed by atoms with Crippen molar-refractivity contribution in [1.82, 2.24) is 5.32 Å². The lowest BCUT2D eigenvalue weighted by atomic mass is 9.79. The number of nitrogens with zero attached hydrogens (tertiary/aromatic N) is 2. The van der Waals surface area contributed by atoms with Gasteiger partial charge in [0.2, 0.25) is 17.5 Å². The molecule has 2 amide bonds. The van der Waals surface area contributed by atoms with Gasteiger partial charge < -0.3 is 48.4 Å². The second-order valence-electron chi connectivity index (χ2n) is 25.0. The van der Waals surface area contributed by atoms with Crippen LogP contribution >= 0.6 is 0 Å². The van der Waals surface area contributed by atoms with Gasteiger partial charge in [-0.3, -0.25) is 32.6 Å². The predicted octanol–water partition coefficient (Wildman–Crippen LogP) is 10.6. The summed E-state index contributed by atoms with van der Waals surface area (Å²) >= 11 is 0. The second-order valence-corrected chi connectivity index (χ2v) is 30.7. The lowest BCUT2D eigenvalue weighted by Gasteiger charge is -2.26. The summed E-state index contributed by atoms with van der Waals surface area (Å²) < 4.78 is 198. The van der Waals surface area contributed by atoms with Crippen molar-refractivity contribution in [1.29, 1.82) is 0 Å². The number of carbonyl (C=O) groups is 2. The van der Waals surface area contributed by atoms with Crippen LogP contribution in [-0.2, 0) is 75.1 Å². The first-order valence-electron chi connectivity index (χ1n) is 32.0. The van der Waals surface area contributed by atoms with Crippen molar-refractivity contribution in [2.45, 2.75) is 90.7 Å². The number of benzene rings is 7. The van der Waals surface area contributed by atoms with E-state index in [2.05, 4.69) is 10.6 Å². The largest absolute Gasteiger partial charge is 0.496 e. The summed E-state index contributed by atoms with van der Waals surface area (Å²) in [5.41, 5.74) is 1.79. The Kier molecular flexibility index (Phi) is 22.4. The number of ether oxygens (including phenoxy) is 6. The van der Waals surface area contributed by atoms with Crippen molar-refractivity contribution in [3.63, 3.8) is 0 Å². The van der Waals surface area contributed by atoms with E-state index in [1.165, 1.54) is 63.8 Å². The molecule has 0 atom stereocenters. The minimum absolute atomic E-state index is 0.0143. The van der Waals surface area contributed by atoms with Crippen molar-refractivity contribution in [2.75, 3.05) is 90.8 Å². The quantitative estimate of drug-likeness (QED) is 0.00801. The number of amides is 2. The van der Waals surface area contributed by atoms with E-state index in [0.717, 1.165) is 17.8 Å². The van der Waals surface area contributed by atoms with Gasteiger partial charge >= 0.3 is 0 Å². The highest BCUT2D eigenvalue weighted by molar-refractivity contribution is 7.87. The Morgan fingerprint density at radius 1 is 0.608 bits per heavy atom. The molecule has 0 spiro atoms. The number of fused-ring (bicyclic) bond motifs is 9. The number of halogens is 1. The van der Waals surface area contributed by atoms with Crippen molar-refractivity contribution < 1.29 is 103 Å². The highest BCUT2D eigenvalue weighted by Crippen LogP contribution is 2.52. The Labute approximate surface area is 588 Å². The average molecular weight is 1480 g/mol. The van der Waals surface area contributed by atoms with Crippen LogP contribution in [0.4, 0.5) is 21.5 Å². The van der Waals surface area contributed by atoms with Crippen molar-refractivity contribution >= 4 is 118 Å². The number of allylic oxidation sites excluding steroid dienone is 6. The maximum Gasteiger partial charge on any atom is 0.295 e. The van der Waals surface area contributed by atoms with Gasteiger partial charge in [0.25, 0.3) is 40.5 Å². The molecule has 1 aromatic heterocycles. The molecule has 0 unspecified atom stereocenters. The smallest absolute Gasteiger partial charge is 0.295 e. The molecule has 26 nitrogen and oxygen atoms in total. The molecular weight excluding hydrogens is 1410 g/mol. The van der Waals surface area contributed by atoms with Gasteiger partial charge in [-0.2, -0.15) is 38.2 Å². The van der Waals surface area contributed by atoms with Crippen LogP contribution in [0.25, 0.3) is 54.6 Å². The molecule has 6 N–H and O–H groups in total. The SMILES string of the molecule is CCN1/C(=C/C=C/C=C/C2=[N+](CCCCCC(=O)NCCOCCOCCOCC(=O)Nc3cc(F)cc(-c4cc(=O)c5cc(OC)c6c(OC)ccc(OC)c6c5o4)c3)c3ccc4c(S(=O)(=O)O)cc(S(=O)(=O)O)cc4c3C2(C)C)C(C)(C)c2c1ccc1c(S(=O)(=O)O)cc(S(=O)(=O)O)cc21. The molecule has 2 aliphatic heterocycles. The van der Waals surface area contributed by atoms with E-state index in [4.69, 9.17) is 32.8 Å². The number of methoxy groups -OCH3 is 3. The first kappa shape index (κ1) is 75.7. The summed E-state index contributed by atoms with van der Waals surface area (Å²) in [5, 5.41) is 6.92. The molecule has 0 aliphatic carbocycles. The Hall–Kier alpha value is -8.99. The number of likely N-dealkylation sites (N-methyl/N-ethyl adjacent to an activating group) is 1. The standard InChI is InChI=1S/C71H75FN4O22S4/c1-9-75-52-21-19-47-49(35-45(99(80,81)82)37-59(47)101(86,87)88)67(52)70(2,3)61(75)16-12-10-13-17-62-71(4,5)68-50-36-46(100(83,84)85)38-60(102(89,90)91)48(50)20-22-53(68)76(62)26-15-11-14-18-63(78)73-25-27-95-28-29-96-30-31-97-41-64(79)74-44-33-42(32-43(72)34-44)57-40-54(77)51-39-58(94-8)65-55(92-6)23-24-56(93-7)66(65)69(51)98-57/h10,12-13,16-17,19-24,32-40H,9,11,14-15,18,25-31,41H2,1-8H3,(H5-,73,74,78,79,80,81,82,83,84,85,86,87,88,89,90,91)/p+1. The third-order valence-corrected chi connectivity index (χ3v) is 21.3. The monoisotopic (exact) mass is 1480 g/mol. The van der Waals surface area contributed by atoms with E-state index >= 15 is 4.39 Å². The molecule has 8 aromatic rings. The fourth-order valence-electron chi connectivity index (χ4n) is 13.3. The molecule has 0 bridgehead atoms. The third-order valence-electron chi connectivity index (χ3n) is 17.8. The number of nitrogens with one attached hydrogen (secondary N) is 2. The molecule has 10 rings (SSSR count). The van der Waals surface area contributed by atoms with Gasteiger partial charge in [-0.25, -0.2) is 4.39 Å². The highest BCUT2D eigenvalue weighted by Gasteiger charge is 2.47. The lowest BCUT2D eigenvalue weighted by molar-refractivity contribution is -0.438. The minimum atomic E-state index is -5.02. The zero-order valence-electron chi connectivity index (χ0n) is 56.8. The van der Waals surface area contributed by atoms with Crippen molar-refractivity contribution in [3.8, 4) is 28.6 Å². The maximum atomic E-state index is 15.1. The number of hydrogen-bond acceptors (Lipinski definition) is 19. The Morgan fingerprint density at radius 3 is 1.81 bits per heavy atom. The predicted molar refractivity (Wildman–Crippen MR) is 380 cm³/mol. The number of rotatable bonds is 30. The zero-order valence-corrected chi connectivity index (χ0v) is 60.0. The summed E-state index contributed by atoms with van der Waals surface area (Å²) in [6.07, 6.45) is 10.8. The van der Waals surface area contributed by atoms with E-state index in [1.807, 2.05) is 56.2 Å². The zero-order chi connectivity index (χ0) is 74.0. The molecule has 31 heteroatoms. The van der Waals surface area contributed by atoms with E-state index in [-0.39, 0.29) is 108 Å². The highest BCUT2D eigenvalue weighted by atomic mass is 32.2. The fourth-order valence-corrected chi connectivity index (χ4v) is 16.0. The van der Waals surface area contributed by atoms with Crippen LogP contribution in [0.3, 0.4) is 0 Å². The Morgan fingerprint density at radius 2 is 1.21 bits per heavy atom. The van der Waals surface area contributed by atoms with Crippen LogP contribution in [0, 0.1) is 5.82 Å². The average Bonchev–Trinajstić information content (AvgIpc) is 1.51. The van der Waals surface area contributed by atoms with E-state index < -0.39 is 88.0 Å². The summed E-state index contributed by atoms with van der Waals surface area (Å²) in [7, 11) is -15.5. The molecule has 0 fully saturated rings. The third kappa shape index (κ3) is 15.8. The summed E-state index contributed by atoms with van der Waals surface area (Å²) in [6.45, 7) is 10.7. The fraction of sp³-hybridized carbons (Fsp3) is 0.324. The van der Waals surface area contributed by atoms with Gasteiger partial charge in [-0.15, -0.1) is 0 Å². The van der Waals surface area contributed by atoms with Gasteiger partial charge in [-0.05, 0) is 129 Å². The van der Waals surface area contributed by atoms with Crippen molar-refractivity contribution in [3.05, 3.63) is 154 Å². The molecule has 7 aromatic carbocycles. The number of unbranched alkanes of at least 4 members (excludes halogenated alkanes) is 2. The first-order valence-corrected chi connectivity index (χ1v) is 37.8. The second kappa shape index (κ2) is 30.1. The minimum Gasteiger partial charge on any atom is -0.496 e. The lowest BCUT2D eigenvalue weighted by Crippen LogP contribution is -2.28. The Bertz CT molecular complexity index is 5380. The van der Waals surface area contributed by atoms with E-state index in [1.54, 1.807) is 42.5 Å². The van der Waals surface area contributed by atoms with Gasteiger partial charge in [0.05, 0.1) is 85.7 Å². The van der Waals surface area contributed by atoms with Crippen LogP contribution in [-0.4, -0.2) is 155 Å². The first-order chi connectivity index (χ1) is 48.1. The van der Waals surface area contributed by atoms with Crippen molar-refractivity contribution in [2.24, 2.45) is 0 Å². The molecular formula is C71H76FN4O22S4+. The molecule has 542 valence electrons. The molecule has 0 saturated heterocycles. The Balaban J connectivity index is 0.717.